The zero-order valence-electron chi connectivity index (χ0n) is 12.6. The van der Waals surface area contributed by atoms with Crippen molar-refractivity contribution in [3.63, 3.8) is 0 Å². The van der Waals surface area contributed by atoms with E-state index in [-0.39, 0.29) is 5.92 Å². The van der Waals surface area contributed by atoms with Gasteiger partial charge < -0.3 is 4.90 Å². The van der Waals surface area contributed by atoms with E-state index in [4.69, 9.17) is 0 Å². The average Bonchev–Trinajstić information content (AvgIpc) is 2.49. The fourth-order valence-electron chi connectivity index (χ4n) is 2.94. The molecule has 2 heterocycles. The van der Waals surface area contributed by atoms with Crippen LogP contribution in [0.3, 0.4) is 0 Å². The molecule has 1 fully saturated rings. The lowest BCUT2D eigenvalue weighted by Gasteiger charge is -2.34. The Morgan fingerprint density at radius 2 is 2.05 bits per heavy atom. The van der Waals surface area contributed by atoms with Crippen LogP contribution in [0.4, 0.5) is 0 Å². The molecule has 0 N–H and O–H groups in total. The summed E-state index contributed by atoms with van der Waals surface area (Å²) in [5.74, 6) is 0.500. The number of nitrogens with zero attached hydrogens (tertiary/aromatic N) is 3. The zero-order valence-corrected chi connectivity index (χ0v) is 12.6. The summed E-state index contributed by atoms with van der Waals surface area (Å²) in [5, 5.41) is 0. The summed E-state index contributed by atoms with van der Waals surface area (Å²) in [6, 6.07) is 4.10. The van der Waals surface area contributed by atoms with Crippen LogP contribution in [0.1, 0.15) is 32.3 Å². The number of hydrogen-bond donors (Lipinski definition) is 0. The SMILES string of the molecule is CCN(CC)C(=O)[C@H]1CCCN(Cc2ccncc2)C1. The number of pyridine rings is 1. The van der Waals surface area contributed by atoms with Crippen LogP contribution >= 0.6 is 0 Å². The Hall–Kier alpha value is -1.42. The molecule has 4 nitrogen and oxygen atoms in total. The molecule has 1 aromatic heterocycles. The molecule has 0 spiro atoms. The van der Waals surface area contributed by atoms with E-state index < -0.39 is 0 Å². The minimum atomic E-state index is 0.172. The average molecular weight is 275 g/mol. The van der Waals surface area contributed by atoms with Crippen LogP contribution in [0.2, 0.25) is 0 Å². The summed E-state index contributed by atoms with van der Waals surface area (Å²) in [7, 11) is 0. The van der Waals surface area contributed by atoms with Gasteiger partial charge in [-0.15, -0.1) is 0 Å². The van der Waals surface area contributed by atoms with Gasteiger partial charge in [0.25, 0.3) is 0 Å². The van der Waals surface area contributed by atoms with E-state index in [2.05, 4.69) is 35.9 Å². The number of carbonyl (C=O) groups excluding carboxylic acids is 1. The van der Waals surface area contributed by atoms with Crippen molar-refractivity contribution in [3.8, 4) is 0 Å². The third kappa shape index (κ3) is 3.79. The molecule has 1 aliphatic rings. The Balaban J connectivity index is 1.93. The van der Waals surface area contributed by atoms with Crippen molar-refractivity contribution < 1.29 is 4.79 Å². The normalized spacial score (nSPS) is 19.8. The topological polar surface area (TPSA) is 36.4 Å². The van der Waals surface area contributed by atoms with Gasteiger partial charge in [0.1, 0.15) is 0 Å². The maximum atomic E-state index is 12.4. The second kappa shape index (κ2) is 7.39. The van der Waals surface area contributed by atoms with Gasteiger partial charge in [0.05, 0.1) is 5.92 Å². The lowest BCUT2D eigenvalue weighted by molar-refractivity contribution is -0.137. The quantitative estimate of drug-likeness (QED) is 0.826. The molecule has 2 rings (SSSR count). The molecule has 0 saturated carbocycles. The molecule has 0 bridgehead atoms. The molecule has 1 aromatic rings. The zero-order chi connectivity index (χ0) is 14.4. The van der Waals surface area contributed by atoms with E-state index in [0.29, 0.717) is 5.91 Å². The third-order valence-corrected chi connectivity index (χ3v) is 4.09. The smallest absolute Gasteiger partial charge is 0.226 e. The molecule has 4 heteroatoms. The summed E-state index contributed by atoms with van der Waals surface area (Å²) in [6.45, 7) is 8.64. The minimum absolute atomic E-state index is 0.172. The summed E-state index contributed by atoms with van der Waals surface area (Å²) >= 11 is 0. The molecule has 1 saturated heterocycles. The highest BCUT2D eigenvalue weighted by Crippen LogP contribution is 2.20. The molecule has 0 aromatic carbocycles. The third-order valence-electron chi connectivity index (χ3n) is 4.09. The number of rotatable bonds is 5. The monoisotopic (exact) mass is 275 g/mol. The lowest BCUT2D eigenvalue weighted by Crippen LogP contribution is -2.44. The van der Waals surface area contributed by atoms with Gasteiger partial charge in [-0.1, -0.05) is 0 Å². The largest absolute Gasteiger partial charge is 0.343 e. The Kier molecular flexibility index (Phi) is 5.53. The molecule has 0 aliphatic carbocycles. The van der Waals surface area contributed by atoms with Crippen molar-refractivity contribution in [2.75, 3.05) is 26.2 Å². The van der Waals surface area contributed by atoms with Crippen molar-refractivity contribution >= 4 is 5.91 Å². The van der Waals surface area contributed by atoms with Crippen molar-refractivity contribution in [2.45, 2.75) is 33.2 Å². The molecule has 1 amide bonds. The van der Waals surface area contributed by atoms with Crippen LogP contribution < -0.4 is 0 Å². The van der Waals surface area contributed by atoms with Crippen LogP contribution in [0.5, 0.6) is 0 Å². The summed E-state index contributed by atoms with van der Waals surface area (Å²) < 4.78 is 0. The highest BCUT2D eigenvalue weighted by atomic mass is 16.2. The van der Waals surface area contributed by atoms with Gasteiger partial charge in [0.2, 0.25) is 5.91 Å². The van der Waals surface area contributed by atoms with Gasteiger partial charge in [-0.2, -0.15) is 0 Å². The maximum Gasteiger partial charge on any atom is 0.226 e. The van der Waals surface area contributed by atoms with E-state index in [1.165, 1.54) is 5.56 Å². The number of likely N-dealkylation sites (tertiary alicyclic amines) is 1. The Bertz CT molecular complexity index is 417. The van der Waals surface area contributed by atoms with E-state index in [1.54, 1.807) is 0 Å². The van der Waals surface area contributed by atoms with Gasteiger partial charge >= 0.3 is 0 Å². The fraction of sp³-hybridized carbons (Fsp3) is 0.625. The van der Waals surface area contributed by atoms with Crippen LogP contribution in [0.15, 0.2) is 24.5 Å². The summed E-state index contributed by atoms with van der Waals surface area (Å²) in [4.78, 5) is 20.8. The molecule has 0 unspecified atom stereocenters. The van der Waals surface area contributed by atoms with Crippen molar-refractivity contribution in [1.82, 2.24) is 14.8 Å². The number of amides is 1. The van der Waals surface area contributed by atoms with E-state index >= 15 is 0 Å². The van der Waals surface area contributed by atoms with Crippen molar-refractivity contribution in [1.29, 1.82) is 0 Å². The van der Waals surface area contributed by atoms with Crippen LogP contribution in [0.25, 0.3) is 0 Å². The number of piperidine rings is 1. The predicted octanol–water partition coefficient (Wildman–Crippen LogP) is 2.16. The van der Waals surface area contributed by atoms with Gasteiger partial charge in [-0.3, -0.25) is 14.7 Å². The highest BCUT2D eigenvalue weighted by Gasteiger charge is 2.28. The van der Waals surface area contributed by atoms with Gasteiger partial charge in [-0.25, -0.2) is 0 Å². The molecular formula is C16H25N3O. The summed E-state index contributed by atoms with van der Waals surface area (Å²) in [6.07, 6.45) is 5.81. The first-order valence-corrected chi connectivity index (χ1v) is 7.64. The molecular weight excluding hydrogens is 250 g/mol. The Morgan fingerprint density at radius 1 is 1.35 bits per heavy atom. The maximum absolute atomic E-state index is 12.4. The molecule has 20 heavy (non-hydrogen) atoms. The number of carbonyl (C=O) groups is 1. The first-order valence-electron chi connectivity index (χ1n) is 7.64. The van der Waals surface area contributed by atoms with Crippen molar-refractivity contribution in [2.24, 2.45) is 5.92 Å². The van der Waals surface area contributed by atoms with Crippen LogP contribution in [-0.2, 0) is 11.3 Å². The number of hydrogen-bond acceptors (Lipinski definition) is 3. The second-order valence-corrected chi connectivity index (χ2v) is 5.44. The number of aromatic nitrogens is 1. The predicted molar refractivity (Wildman–Crippen MR) is 80.2 cm³/mol. The van der Waals surface area contributed by atoms with E-state index in [0.717, 1.165) is 45.6 Å². The molecule has 1 atom stereocenters. The standard InChI is InChI=1S/C16H25N3O/c1-3-19(4-2)16(20)15-6-5-11-18(13-15)12-14-7-9-17-10-8-14/h7-10,15H,3-6,11-13H2,1-2H3/t15-/m0/s1. The minimum Gasteiger partial charge on any atom is -0.343 e. The van der Waals surface area contributed by atoms with Crippen LogP contribution in [0, 0.1) is 5.92 Å². The molecule has 1 aliphatic heterocycles. The Morgan fingerprint density at radius 3 is 2.70 bits per heavy atom. The van der Waals surface area contributed by atoms with E-state index in [1.807, 2.05) is 17.3 Å². The lowest BCUT2D eigenvalue weighted by atomic mass is 9.96. The molecule has 0 radical (unpaired) electrons. The van der Waals surface area contributed by atoms with E-state index in [9.17, 15) is 4.79 Å². The van der Waals surface area contributed by atoms with Gasteiger partial charge in [0.15, 0.2) is 0 Å². The Labute approximate surface area is 121 Å². The van der Waals surface area contributed by atoms with Crippen molar-refractivity contribution in [3.05, 3.63) is 30.1 Å². The van der Waals surface area contributed by atoms with Gasteiger partial charge in [-0.05, 0) is 50.9 Å². The first kappa shape index (κ1) is 15.0. The molecule has 110 valence electrons. The van der Waals surface area contributed by atoms with Crippen LogP contribution in [-0.4, -0.2) is 46.9 Å². The fourth-order valence-corrected chi connectivity index (χ4v) is 2.94. The first-order chi connectivity index (χ1) is 9.74. The van der Waals surface area contributed by atoms with Gasteiger partial charge in [0, 0.05) is 38.6 Å². The second-order valence-electron chi connectivity index (χ2n) is 5.44. The summed E-state index contributed by atoms with van der Waals surface area (Å²) in [5.41, 5.74) is 1.27. The highest BCUT2D eigenvalue weighted by molar-refractivity contribution is 5.79.